The first-order valence-corrected chi connectivity index (χ1v) is 11.7. The Morgan fingerprint density at radius 1 is 1.17 bits per heavy atom. The highest BCUT2D eigenvalue weighted by atomic mass is 35.5. The maximum atomic E-state index is 12.9. The Kier molecular flexibility index (Phi) is 8.44. The summed E-state index contributed by atoms with van der Waals surface area (Å²) < 4.78 is 52.9. The van der Waals surface area contributed by atoms with E-state index in [9.17, 15) is 18.0 Å². The van der Waals surface area contributed by atoms with Crippen LogP contribution in [0.3, 0.4) is 0 Å². The van der Waals surface area contributed by atoms with Gasteiger partial charge in [0.25, 0.3) is 5.91 Å². The molecule has 12 heteroatoms. The molecule has 192 valence electrons. The topological polar surface area (TPSA) is 89.7 Å². The molecule has 1 N–H and O–H groups in total. The van der Waals surface area contributed by atoms with Crippen LogP contribution in [0.1, 0.15) is 41.0 Å². The third-order valence-electron chi connectivity index (χ3n) is 5.55. The number of morpholine rings is 1. The minimum Gasteiger partial charge on any atom is -0.418 e. The molecule has 0 spiro atoms. The molecule has 1 aliphatic carbocycles. The third kappa shape index (κ3) is 7.42. The first kappa shape index (κ1) is 25.9. The summed E-state index contributed by atoms with van der Waals surface area (Å²) in [5.41, 5.74) is 0.845. The molecular weight excluding hydrogens is 501 g/mol. The predicted octanol–water partition coefficient (Wildman–Crippen LogP) is 4.68. The average Bonchev–Trinajstić information content (AvgIpc) is 3.22. The summed E-state index contributed by atoms with van der Waals surface area (Å²) in [7, 11) is 0. The number of benzene rings is 1. The Morgan fingerprint density at radius 3 is 2.64 bits per heavy atom. The van der Waals surface area contributed by atoms with Crippen LogP contribution in [-0.4, -0.2) is 60.2 Å². The van der Waals surface area contributed by atoms with Gasteiger partial charge < -0.3 is 19.2 Å². The summed E-state index contributed by atoms with van der Waals surface area (Å²) in [6.45, 7) is 3.50. The lowest BCUT2D eigenvalue weighted by Crippen LogP contribution is -2.39. The Bertz CT molecular complexity index is 1140. The van der Waals surface area contributed by atoms with Gasteiger partial charge in [-0.25, -0.2) is 0 Å². The summed E-state index contributed by atoms with van der Waals surface area (Å²) in [6.07, 6.45) is 1.40. The van der Waals surface area contributed by atoms with E-state index in [2.05, 4.69) is 25.2 Å². The van der Waals surface area contributed by atoms with E-state index in [4.69, 9.17) is 20.8 Å². The summed E-state index contributed by atoms with van der Waals surface area (Å²) >= 11 is 5.92. The number of halogens is 4. The number of nitrogens with zero attached hydrogens (tertiary/aromatic N) is 3. The lowest BCUT2D eigenvalue weighted by molar-refractivity contribution is -0.305. The summed E-state index contributed by atoms with van der Waals surface area (Å²) in [5, 5.41) is 11.6. The van der Waals surface area contributed by atoms with Gasteiger partial charge in [0.15, 0.2) is 0 Å². The summed E-state index contributed by atoms with van der Waals surface area (Å²) in [4.78, 5) is 15.1. The van der Waals surface area contributed by atoms with Crippen molar-refractivity contribution in [2.75, 3.05) is 32.8 Å². The van der Waals surface area contributed by atoms with Crippen molar-refractivity contribution < 1.29 is 31.9 Å². The van der Waals surface area contributed by atoms with E-state index in [1.165, 1.54) is 18.2 Å². The molecule has 1 aliphatic heterocycles. The van der Waals surface area contributed by atoms with Crippen molar-refractivity contribution in [2.45, 2.75) is 25.2 Å². The van der Waals surface area contributed by atoms with Gasteiger partial charge in [0.05, 0.1) is 13.2 Å². The van der Waals surface area contributed by atoms with Gasteiger partial charge in [-0.1, -0.05) is 23.8 Å². The number of amides is 1. The highest BCUT2D eigenvalue weighted by molar-refractivity contribution is 6.30. The van der Waals surface area contributed by atoms with Gasteiger partial charge in [0.1, 0.15) is 11.8 Å². The molecule has 0 saturated carbocycles. The highest BCUT2D eigenvalue weighted by Gasteiger charge is 2.32. The predicted molar refractivity (Wildman–Crippen MR) is 125 cm³/mol. The monoisotopic (exact) mass is 524 g/mol. The number of hydrogen-bond acceptors (Lipinski definition) is 7. The maximum Gasteiger partial charge on any atom is 0.572 e. The number of ether oxygens (including phenoxy) is 2. The SMILES string of the molecule is O=C(NC(CCN1CCOCC1)c1nnc(C2=CC=C(OC(F)(F)F)CC=C2)o1)c1ccc(Cl)cc1. The van der Waals surface area contributed by atoms with E-state index in [0.717, 1.165) is 13.1 Å². The molecule has 0 radical (unpaired) electrons. The van der Waals surface area contributed by atoms with Crippen molar-refractivity contribution in [1.82, 2.24) is 20.4 Å². The number of carbonyl (C=O) groups excluding carboxylic acids is 1. The van der Waals surface area contributed by atoms with Crippen molar-refractivity contribution in [1.29, 1.82) is 0 Å². The number of aromatic nitrogens is 2. The normalized spacial score (nSPS) is 17.7. The van der Waals surface area contributed by atoms with Crippen molar-refractivity contribution in [3.63, 3.8) is 0 Å². The molecule has 36 heavy (non-hydrogen) atoms. The van der Waals surface area contributed by atoms with Crippen LogP contribution in [0.15, 0.2) is 58.7 Å². The standard InChI is InChI=1S/C24H24ClF3N4O4/c25-18-7-4-16(5-8-18)21(33)29-20(10-11-32-12-14-34-15-13-32)23-31-30-22(35-23)17-2-1-3-19(9-6-17)36-24(26,27)28/h1-2,4-9,20H,3,10-15H2,(H,29,33). The molecule has 1 aromatic carbocycles. The van der Waals surface area contributed by atoms with E-state index in [1.54, 1.807) is 30.3 Å². The number of alkyl halides is 3. The lowest BCUT2D eigenvalue weighted by Gasteiger charge is -2.27. The zero-order chi connectivity index (χ0) is 25.5. The number of rotatable bonds is 8. The number of carbonyl (C=O) groups is 1. The fourth-order valence-corrected chi connectivity index (χ4v) is 3.83. The molecule has 1 unspecified atom stereocenters. The maximum absolute atomic E-state index is 12.9. The van der Waals surface area contributed by atoms with E-state index >= 15 is 0 Å². The minimum atomic E-state index is -4.77. The van der Waals surface area contributed by atoms with Crippen LogP contribution in [-0.2, 0) is 9.47 Å². The summed E-state index contributed by atoms with van der Waals surface area (Å²) in [6, 6.07) is 5.89. The second kappa shape index (κ2) is 11.7. The molecule has 0 bridgehead atoms. The quantitative estimate of drug-likeness (QED) is 0.536. The molecule has 2 aromatic rings. The molecular formula is C24H24ClF3N4O4. The first-order chi connectivity index (χ1) is 17.3. The van der Waals surface area contributed by atoms with Gasteiger partial charge >= 0.3 is 6.36 Å². The van der Waals surface area contributed by atoms with Gasteiger partial charge in [-0.2, -0.15) is 0 Å². The van der Waals surface area contributed by atoms with Crippen LogP contribution in [0.5, 0.6) is 0 Å². The Labute approximate surface area is 210 Å². The average molecular weight is 525 g/mol. The molecule has 1 atom stereocenters. The van der Waals surface area contributed by atoms with Crippen molar-refractivity contribution in [3.05, 3.63) is 76.7 Å². The minimum absolute atomic E-state index is 0.0418. The Balaban J connectivity index is 1.51. The Hall–Kier alpha value is -3.15. The molecule has 8 nitrogen and oxygen atoms in total. The molecule has 1 saturated heterocycles. The Morgan fingerprint density at radius 2 is 1.92 bits per heavy atom. The third-order valence-corrected chi connectivity index (χ3v) is 5.80. The summed E-state index contributed by atoms with van der Waals surface area (Å²) in [5.74, 6) is -0.284. The fourth-order valence-electron chi connectivity index (χ4n) is 3.70. The molecule has 2 aliphatic rings. The number of hydrogen-bond donors (Lipinski definition) is 1. The van der Waals surface area contributed by atoms with Crippen LogP contribution in [0.2, 0.25) is 5.02 Å². The second-order valence-electron chi connectivity index (χ2n) is 8.13. The van der Waals surface area contributed by atoms with Crippen LogP contribution in [0, 0.1) is 0 Å². The molecule has 2 heterocycles. The van der Waals surface area contributed by atoms with Crippen LogP contribution >= 0.6 is 11.6 Å². The number of nitrogens with one attached hydrogen (secondary N) is 1. The lowest BCUT2D eigenvalue weighted by atomic mass is 10.1. The van der Waals surface area contributed by atoms with Crippen LogP contribution in [0.4, 0.5) is 13.2 Å². The number of allylic oxidation sites excluding steroid dienone is 5. The largest absolute Gasteiger partial charge is 0.572 e. The van der Waals surface area contributed by atoms with Crippen LogP contribution in [0.25, 0.3) is 5.57 Å². The van der Waals surface area contributed by atoms with Gasteiger partial charge in [-0.05, 0) is 42.8 Å². The molecule has 1 aromatic heterocycles. The van der Waals surface area contributed by atoms with Crippen molar-refractivity contribution in [2.24, 2.45) is 0 Å². The van der Waals surface area contributed by atoms with E-state index in [0.29, 0.717) is 42.3 Å². The first-order valence-electron chi connectivity index (χ1n) is 11.3. The van der Waals surface area contributed by atoms with Gasteiger partial charge in [0.2, 0.25) is 11.8 Å². The van der Waals surface area contributed by atoms with E-state index in [1.807, 2.05) is 0 Å². The van der Waals surface area contributed by atoms with Crippen molar-refractivity contribution in [3.8, 4) is 0 Å². The zero-order valence-corrected chi connectivity index (χ0v) is 19.9. The zero-order valence-electron chi connectivity index (χ0n) is 19.1. The van der Waals surface area contributed by atoms with E-state index < -0.39 is 12.4 Å². The van der Waals surface area contributed by atoms with E-state index in [-0.39, 0.29) is 29.9 Å². The molecule has 1 fully saturated rings. The van der Waals surface area contributed by atoms with Crippen LogP contribution < -0.4 is 5.32 Å². The van der Waals surface area contributed by atoms with Gasteiger partial charge in [-0.15, -0.1) is 23.4 Å². The second-order valence-corrected chi connectivity index (χ2v) is 8.57. The van der Waals surface area contributed by atoms with Gasteiger partial charge in [0, 0.05) is 42.2 Å². The highest BCUT2D eigenvalue weighted by Crippen LogP contribution is 2.27. The smallest absolute Gasteiger partial charge is 0.418 e. The van der Waals surface area contributed by atoms with Gasteiger partial charge in [-0.3, -0.25) is 9.69 Å². The van der Waals surface area contributed by atoms with Crippen molar-refractivity contribution >= 4 is 23.1 Å². The molecule has 4 rings (SSSR count). The fraction of sp³-hybridized carbons (Fsp3) is 0.375. The molecule has 1 amide bonds.